The topological polar surface area (TPSA) is 70.4 Å². The van der Waals surface area contributed by atoms with Crippen molar-refractivity contribution in [1.29, 1.82) is 0 Å². The smallest absolute Gasteiger partial charge is 0.337 e. The second-order valence-corrected chi connectivity index (χ2v) is 3.67. The molecule has 0 bridgehead atoms. The van der Waals surface area contributed by atoms with Gasteiger partial charge in [-0.25, -0.2) is 4.79 Å². The number of phenols is 1. The third kappa shape index (κ3) is 2.74. The maximum Gasteiger partial charge on any atom is 0.337 e. The van der Waals surface area contributed by atoms with Crippen molar-refractivity contribution in [2.75, 3.05) is 0 Å². The van der Waals surface area contributed by atoms with Crippen LogP contribution in [0.15, 0.2) is 48.7 Å². The van der Waals surface area contributed by atoms with Crippen LogP contribution in [-0.2, 0) is 4.79 Å². The summed E-state index contributed by atoms with van der Waals surface area (Å²) in [5.41, 5.74) is 1.20. The first-order valence-corrected chi connectivity index (χ1v) is 5.32. The molecule has 0 fully saturated rings. The van der Waals surface area contributed by atoms with Crippen LogP contribution in [0.3, 0.4) is 0 Å². The first-order chi connectivity index (χ1) is 8.66. The van der Waals surface area contributed by atoms with E-state index in [2.05, 4.69) is 4.98 Å². The molecule has 1 aromatic carbocycles. The fourth-order valence-electron chi connectivity index (χ4n) is 1.50. The highest BCUT2D eigenvalue weighted by molar-refractivity contribution is 6.20. The summed E-state index contributed by atoms with van der Waals surface area (Å²) in [6.07, 6.45) is 3.06. The van der Waals surface area contributed by atoms with Crippen molar-refractivity contribution in [3.8, 4) is 5.75 Å². The fourth-order valence-corrected chi connectivity index (χ4v) is 1.50. The highest BCUT2D eigenvalue weighted by Gasteiger charge is 2.11. The zero-order valence-electron chi connectivity index (χ0n) is 9.45. The Kier molecular flexibility index (Phi) is 3.38. The maximum atomic E-state index is 11.2. The van der Waals surface area contributed by atoms with E-state index in [4.69, 9.17) is 5.11 Å². The SMILES string of the molecule is O=C(O)/C(=C/c1ccc(O)cc1)c1ccccn1. The summed E-state index contributed by atoms with van der Waals surface area (Å²) in [4.78, 5) is 15.2. The van der Waals surface area contributed by atoms with E-state index in [-0.39, 0.29) is 11.3 Å². The molecule has 0 aliphatic heterocycles. The van der Waals surface area contributed by atoms with Crippen molar-refractivity contribution in [2.24, 2.45) is 0 Å². The van der Waals surface area contributed by atoms with Gasteiger partial charge in [-0.2, -0.15) is 0 Å². The zero-order chi connectivity index (χ0) is 13.0. The number of carbonyl (C=O) groups is 1. The number of carboxylic acids is 1. The highest BCUT2D eigenvalue weighted by Crippen LogP contribution is 2.18. The van der Waals surface area contributed by atoms with Crippen LogP contribution >= 0.6 is 0 Å². The van der Waals surface area contributed by atoms with Crippen LogP contribution in [0.5, 0.6) is 5.75 Å². The Bertz CT molecular complexity index is 574. The lowest BCUT2D eigenvalue weighted by Crippen LogP contribution is -2.01. The molecule has 0 aliphatic rings. The Balaban J connectivity index is 2.43. The molecule has 0 aliphatic carbocycles. The summed E-state index contributed by atoms with van der Waals surface area (Å²) in [5.74, 6) is -0.899. The normalized spacial score (nSPS) is 11.2. The third-order valence-electron chi connectivity index (χ3n) is 2.38. The number of phenolic OH excluding ortho intramolecular Hbond substituents is 1. The Morgan fingerprint density at radius 1 is 1.11 bits per heavy atom. The summed E-state index contributed by atoms with van der Waals surface area (Å²) in [6.45, 7) is 0. The lowest BCUT2D eigenvalue weighted by atomic mass is 10.1. The number of aromatic hydroxyl groups is 1. The number of hydrogen-bond acceptors (Lipinski definition) is 3. The van der Waals surface area contributed by atoms with Crippen molar-refractivity contribution in [2.45, 2.75) is 0 Å². The molecule has 0 atom stereocenters. The summed E-state index contributed by atoms with van der Waals surface area (Å²) in [6, 6.07) is 11.4. The van der Waals surface area contributed by atoms with Gasteiger partial charge in [0.1, 0.15) is 5.75 Å². The van der Waals surface area contributed by atoms with Crippen molar-refractivity contribution in [1.82, 2.24) is 4.98 Å². The minimum absolute atomic E-state index is 0.112. The summed E-state index contributed by atoms with van der Waals surface area (Å²) in [5, 5.41) is 18.4. The van der Waals surface area contributed by atoms with Crippen LogP contribution in [-0.4, -0.2) is 21.2 Å². The number of nitrogens with zero attached hydrogens (tertiary/aromatic N) is 1. The van der Waals surface area contributed by atoms with Crippen molar-refractivity contribution >= 4 is 17.6 Å². The van der Waals surface area contributed by atoms with Gasteiger partial charge in [-0.3, -0.25) is 4.98 Å². The molecule has 0 unspecified atom stereocenters. The largest absolute Gasteiger partial charge is 0.508 e. The first-order valence-electron chi connectivity index (χ1n) is 5.32. The fraction of sp³-hybridized carbons (Fsp3) is 0. The zero-order valence-corrected chi connectivity index (χ0v) is 9.45. The quantitative estimate of drug-likeness (QED) is 0.809. The van der Waals surface area contributed by atoms with E-state index in [0.717, 1.165) is 0 Å². The average molecular weight is 241 g/mol. The van der Waals surface area contributed by atoms with E-state index >= 15 is 0 Å². The molecular formula is C14H11NO3. The first kappa shape index (κ1) is 11.9. The Labute approximate surface area is 104 Å². The van der Waals surface area contributed by atoms with Crippen LogP contribution in [0.2, 0.25) is 0 Å². The molecule has 0 saturated heterocycles. The van der Waals surface area contributed by atoms with Crippen LogP contribution in [0.1, 0.15) is 11.3 Å². The Morgan fingerprint density at radius 2 is 1.83 bits per heavy atom. The van der Waals surface area contributed by atoms with Gasteiger partial charge in [0.2, 0.25) is 0 Å². The maximum absolute atomic E-state index is 11.2. The molecule has 2 rings (SSSR count). The van der Waals surface area contributed by atoms with Crippen molar-refractivity contribution in [3.63, 3.8) is 0 Å². The molecule has 90 valence electrons. The van der Waals surface area contributed by atoms with Gasteiger partial charge >= 0.3 is 5.97 Å². The van der Waals surface area contributed by atoms with Crippen LogP contribution < -0.4 is 0 Å². The van der Waals surface area contributed by atoms with E-state index < -0.39 is 5.97 Å². The molecule has 0 radical (unpaired) electrons. The minimum atomic E-state index is -1.04. The van der Waals surface area contributed by atoms with E-state index in [9.17, 15) is 9.90 Å². The minimum Gasteiger partial charge on any atom is -0.508 e. The molecule has 0 saturated carbocycles. The molecular weight excluding hydrogens is 230 g/mol. The molecule has 2 aromatic rings. The second-order valence-electron chi connectivity index (χ2n) is 3.67. The van der Waals surface area contributed by atoms with Gasteiger partial charge in [0, 0.05) is 6.20 Å². The molecule has 0 spiro atoms. The van der Waals surface area contributed by atoms with Crippen LogP contribution in [0, 0.1) is 0 Å². The van der Waals surface area contributed by atoms with Crippen LogP contribution in [0.25, 0.3) is 11.6 Å². The molecule has 2 N–H and O–H groups in total. The molecule has 4 nitrogen and oxygen atoms in total. The number of hydrogen-bond donors (Lipinski definition) is 2. The highest BCUT2D eigenvalue weighted by atomic mass is 16.4. The van der Waals surface area contributed by atoms with Crippen molar-refractivity contribution < 1.29 is 15.0 Å². The summed E-state index contributed by atoms with van der Waals surface area (Å²) < 4.78 is 0. The molecule has 1 heterocycles. The van der Waals surface area contributed by atoms with E-state index in [1.807, 2.05) is 0 Å². The van der Waals surface area contributed by atoms with Gasteiger partial charge in [0.15, 0.2) is 0 Å². The summed E-state index contributed by atoms with van der Waals surface area (Å²) in [7, 11) is 0. The predicted molar refractivity (Wildman–Crippen MR) is 67.9 cm³/mol. The lowest BCUT2D eigenvalue weighted by Gasteiger charge is -2.02. The van der Waals surface area contributed by atoms with Crippen LogP contribution in [0.4, 0.5) is 0 Å². The number of pyridine rings is 1. The number of rotatable bonds is 3. The van der Waals surface area contributed by atoms with Gasteiger partial charge in [0.05, 0.1) is 11.3 Å². The molecule has 4 heteroatoms. The second kappa shape index (κ2) is 5.14. The lowest BCUT2D eigenvalue weighted by molar-refractivity contribution is -0.130. The standard InChI is InChI=1S/C14H11NO3/c16-11-6-4-10(5-7-11)9-12(14(17)18)13-3-1-2-8-15-13/h1-9,16H,(H,17,18)/b12-9+. The third-order valence-corrected chi connectivity index (χ3v) is 2.38. The molecule has 0 amide bonds. The van der Waals surface area contributed by atoms with Gasteiger partial charge < -0.3 is 10.2 Å². The molecule has 18 heavy (non-hydrogen) atoms. The van der Waals surface area contributed by atoms with Gasteiger partial charge in [-0.1, -0.05) is 18.2 Å². The number of benzene rings is 1. The average Bonchev–Trinajstić information content (AvgIpc) is 2.38. The summed E-state index contributed by atoms with van der Waals surface area (Å²) >= 11 is 0. The molecule has 1 aromatic heterocycles. The predicted octanol–water partition coefficient (Wildman–Crippen LogP) is 2.41. The van der Waals surface area contributed by atoms with Gasteiger partial charge in [0.25, 0.3) is 0 Å². The van der Waals surface area contributed by atoms with Gasteiger partial charge in [-0.15, -0.1) is 0 Å². The van der Waals surface area contributed by atoms with Crippen molar-refractivity contribution in [3.05, 3.63) is 59.9 Å². The van der Waals surface area contributed by atoms with Gasteiger partial charge in [-0.05, 0) is 35.9 Å². The van der Waals surface area contributed by atoms with E-state index in [1.165, 1.54) is 18.2 Å². The van der Waals surface area contributed by atoms with E-state index in [1.54, 1.807) is 36.5 Å². The number of aromatic nitrogens is 1. The number of carboxylic acid groups (broad SMARTS) is 1. The number of aliphatic carboxylic acids is 1. The Hall–Kier alpha value is -2.62. The van der Waals surface area contributed by atoms with E-state index in [0.29, 0.717) is 11.3 Å². The Morgan fingerprint density at radius 3 is 2.39 bits per heavy atom. The monoisotopic (exact) mass is 241 g/mol.